The lowest BCUT2D eigenvalue weighted by atomic mass is 10.2. The van der Waals surface area contributed by atoms with Crippen LogP contribution in [0.3, 0.4) is 0 Å². The van der Waals surface area contributed by atoms with Crippen LogP contribution in [0.1, 0.15) is 17.8 Å². The van der Waals surface area contributed by atoms with E-state index in [0.717, 1.165) is 11.9 Å². The largest absolute Gasteiger partial charge is 0.369 e. The highest BCUT2D eigenvalue weighted by atomic mass is 32.1. The summed E-state index contributed by atoms with van der Waals surface area (Å²) < 4.78 is 15.6. The second-order valence-electron chi connectivity index (χ2n) is 4.58. The Bertz CT molecular complexity index is 703. The Morgan fingerprint density at radius 2 is 2.21 bits per heavy atom. The van der Waals surface area contributed by atoms with Crippen LogP contribution in [-0.2, 0) is 6.42 Å². The number of imidazole rings is 1. The summed E-state index contributed by atoms with van der Waals surface area (Å²) in [5.74, 6) is 0.0374. The van der Waals surface area contributed by atoms with E-state index in [1.165, 1.54) is 10.9 Å². The molecule has 0 saturated carbocycles. The van der Waals surface area contributed by atoms with Crippen LogP contribution in [0.15, 0.2) is 35.7 Å². The molecule has 1 aromatic carbocycles. The topological polar surface area (TPSA) is 43.8 Å². The van der Waals surface area contributed by atoms with Gasteiger partial charge in [0.1, 0.15) is 5.52 Å². The smallest absolute Gasteiger partial charge is 0.201 e. The maximum absolute atomic E-state index is 13.7. The normalized spacial score (nSPS) is 12.9. The van der Waals surface area contributed by atoms with Crippen molar-refractivity contribution < 1.29 is 4.39 Å². The molecule has 3 rings (SSSR count). The van der Waals surface area contributed by atoms with Crippen LogP contribution in [0, 0.1) is 5.82 Å². The van der Waals surface area contributed by atoms with E-state index in [1.807, 2.05) is 16.7 Å². The summed E-state index contributed by atoms with van der Waals surface area (Å²) in [4.78, 5) is 5.41. The Hall–Kier alpha value is -1.88. The van der Waals surface area contributed by atoms with Gasteiger partial charge >= 0.3 is 0 Å². The molecular formula is C14H14FN3S. The molecule has 2 aromatic heterocycles. The van der Waals surface area contributed by atoms with Gasteiger partial charge in [-0.2, -0.15) is 0 Å². The van der Waals surface area contributed by atoms with Gasteiger partial charge in [0.25, 0.3) is 0 Å². The van der Waals surface area contributed by atoms with Gasteiger partial charge in [-0.3, -0.25) is 0 Å². The fourth-order valence-corrected chi connectivity index (χ4v) is 3.20. The van der Waals surface area contributed by atoms with Gasteiger partial charge in [-0.05, 0) is 30.5 Å². The predicted molar refractivity (Wildman–Crippen MR) is 76.8 cm³/mol. The monoisotopic (exact) mass is 275 g/mol. The lowest BCUT2D eigenvalue weighted by Crippen LogP contribution is -2.10. The van der Waals surface area contributed by atoms with E-state index in [1.54, 1.807) is 17.4 Å². The number of aromatic nitrogens is 2. The molecule has 0 aliphatic rings. The van der Waals surface area contributed by atoms with Crippen molar-refractivity contribution in [3.05, 3.63) is 46.4 Å². The molecule has 0 aliphatic carbocycles. The Kier molecular flexibility index (Phi) is 2.98. The molecular weight excluding hydrogens is 261 g/mol. The summed E-state index contributed by atoms with van der Waals surface area (Å²) in [5, 5.41) is 2.05. The highest BCUT2D eigenvalue weighted by molar-refractivity contribution is 7.09. The van der Waals surface area contributed by atoms with Gasteiger partial charge in [-0.1, -0.05) is 12.1 Å². The van der Waals surface area contributed by atoms with Crippen LogP contribution in [0.5, 0.6) is 0 Å². The fourth-order valence-electron chi connectivity index (χ4n) is 2.38. The number of rotatable bonds is 3. The molecule has 2 heterocycles. The van der Waals surface area contributed by atoms with Gasteiger partial charge in [0.15, 0.2) is 5.82 Å². The quantitative estimate of drug-likeness (QED) is 0.793. The third-order valence-corrected chi connectivity index (χ3v) is 4.11. The van der Waals surface area contributed by atoms with Crippen LogP contribution in [0.2, 0.25) is 0 Å². The van der Waals surface area contributed by atoms with Crippen molar-refractivity contribution in [3.8, 4) is 0 Å². The van der Waals surface area contributed by atoms with Crippen molar-refractivity contribution in [2.45, 2.75) is 19.4 Å². The third kappa shape index (κ3) is 2.10. The lowest BCUT2D eigenvalue weighted by molar-refractivity contribution is 0.571. The number of thiophene rings is 1. The number of nitrogen functional groups attached to an aromatic ring is 1. The third-order valence-electron chi connectivity index (χ3n) is 3.22. The average Bonchev–Trinajstić information content (AvgIpc) is 2.96. The first-order chi connectivity index (χ1) is 9.16. The Morgan fingerprint density at radius 1 is 1.37 bits per heavy atom. The van der Waals surface area contributed by atoms with Gasteiger partial charge < -0.3 is 10.3 Å². The molecule has 0 radical (unpaired) electrons. The average molecular weight is 275 g/mol. The molecule has 2 N–H and O–H groups in total. The number of anilines is 1. The maximum atomic E-state index is 13.7. The number of nitrogens with zero attached hydrogens (tertiary/aromatic N) is 2. The highest BCUT2D eigenvalue weighted by Crippen LogP contribution is 2.27. The van der Waals surface area contributed by atoms with Gasteiger partial charge in [0.2, 0.25) is 5.95 Å². The van der Waals surface area contributed by atoms with Gasteiger partial charge in [-0.25, -0.2) is 9.37 Å². The standard InChI is InChI=1S/C14H14FN3S/c1-9(8-10-4-3-7-19-10)18-12-6-2-5-11(15)13(12)17-14(18)16/h2-7,9H,8H2,1H3,(H2,16,17). The summed E-state index contributed by atoms with van der Waals surface area (Å²) in [7, 11) is 0. The molecule has 0 fully saturated rings. The molecule has 3 nitrogen and oxygen atoms in total. The molecule has 0 amide bonds. The van der Waals surface area contributed by atoms with Gasteiger partial charge in [-0.15, -0.1) is 11.3 Å². The first-order valence-corrected chi connectivity index (χ1v) is 6.99. The zero-order valence-corrected chi connectivity index (χ0v) is 11.3. The van der Waals surface area contributed by atoms with Crippen molar-refractivity contribution >= 4 is 28.3 Å². The van der Waals surface area contributed by atoms with Crippen LogP contribution < -0.4 is 5.73 Å². The number of benzene rings is 1. The molecule has 0 bridgehead atoms. The van der Waals surface area contributed by atoms with Crippen molar-refractivity contribution in [1.82, 2.24) is 9.55 Å². The highest BCUT2D eigenvalue weighted by Gasteiger charge is 2.16. The summed E-state index contributed by atoms with van der Waals surface area (Å²) in [5.41, 5.74) is 7.04. The number of halogens is 1. The van der Waals surface area contributed by atoms with E-state index < -0.39 is 0 Å². The SMILES string of the molecule is CC(Cc1cccs1)n1c(N)nc2c(F)cccc21. The number of nitrogens with two attached hydrogens (primary N) is 1. The number of para-hydroxylation sites is 1. The fraction of sp³-hybridized carbons (Fsp3) is 0.214. The van der Waals surface area contributed by atoms with E-state index >= 15 is 0 Å². The molecule has 0 saturated heterocycles. The maximum Gasteiger partial charge on any atom is 0.201 e. The van der Waals surface area contributed by atoms with Crippen molar-refractivity contribution in [2.75, 3.05) is 5.73 Å². The molecule has 0 aliphatic heterocycles. The minimum atomic E-state index is -0.328. The van der Waals surface area contributed by atoms with E-state index in [2.05, 4.69) is 23.4 Å². The Morgan fingerprint density at radius 3 is 2.95 bits per heavy atom. The van der Waals surface area contributed by atoms with Crippen molar-refractivity contribution in [1.29, 1.82) is 0 Å². The number of hydrogen-bond donors (Lipinski definition) is 1. The van der Waals surface area contributed by atoms with Crippen molar-refractivity contribution in [3.63, 3.8) is 0 Å². The van der Waals surface area contributed by atoms with Gasteiger partial charge in [0, 0.05) is 17.3 Å². The first kappa shape index (κ1) is 12.2. The molecule has 1 unspecified atom stereocenters. The van der Waals surface area contributed by atoms with Crippen LogP contribution >= 0.6 is 11.3 Å². The Balaban J connectivity index is 2.04. The molecule has 5 heteroatoms. The molecule has 1 atom stereocenters. The summed E-state index contributed by atoms with van der Waals surface area (Å²) in [6.07, 6.45) is 0.865. The molecule has 98 valence electrons. The molecule has 19 heavy (non-hydrogen) atoms. The second kappa shape index (κ2) is 4.66. The summed E-state index contributed by atoms with van der Waals surface area (Å²) in [6, 6.07) is 9.22. The zero-order chi connectivity index (χ0) is 13.4. The van der Waals surface area contributed by atoms with E-state index in [0.29, 0.717) is 11.5 Å². The second-order valence-corrected chi connectivity index (χ2v) is 5.61. The summed E-state index contributed by atoms with van der Waals surface area (Å²) in [6.45, 7) is 2.07. The first-order valence-electron chi connectivity index (χ1n) is 6.11. The molecule has 0 spiro atoms. The van der Waals surface area contributed by atoms with Crippen LogP contribution in [-0.4, -0.2) is 9.55 Å². The van der Waals surface area contributed by atoms with Gasteiger partial charge in [0.05, 0.1) is 5.52 Å². The molecule has 3 aromatic rings. The number of fused-ring (bicyclic) bond motifs is 1. The van der Waals surface area contributed by atoms with E-state index in [-0.39, 0.29) is 11.9 Å². The predicted octanol–water partition coefficient (Wildman–Crippen LogP) is 3.62. The van der Waals surface area contributed by atoms with E-state index in [4.69, 9.17) is 5.73 Å². The van der Waals surface area contributed by atoms with Crippen LogP contribution in [0.25, 0.3) is 11.0 Å². The lowest BCUT2D eigenvalue weighted by Gasteiger charge is -2.15. The van der Waals surface area contributed by atoms with E-state index in [9.17, 15) is 4.39 Å². The Labute approximate surface area is 114 Å². The summed E-state index contributed by atoms with van der Waals surface area (Å²) >= 11 is 1.71. The minimum Gasteiger partial charge on any atom is -0.369 e. The van der Waals surface area contributed by atoms with Crippen molar-refractivity contribution in [2.24, 2.45) is 0 Å². The zero-order valence-electron chi connectivity index (χ0n) is 10.5. The minimum absolute atomic E-state index is 0.144. The number of hydrogen-bond acceptors (Lipinski definition) is 3. The van der Waals surface area contributed by atoms with Crippen LogP contribution in [0.4, 0.5) is 10.3 Å².